The average molecular weight is 385 g/mol. The van der Waals surface area contributed by atoms with Gasteiger partial charge < -0.3 is 19.5 Å². The van der Waals surface area contributed by atoms with Crippen molar-refractivity contribution in [1.29, 1.82) is 0 Å². The van der Waals surface area contributed by atoms with Gasteiger partial charge in [0.25, 0.3) is 0 Å². The number of carbonyl (C=O) groups is 1. The molecule has 0 aliphatic carbocycles. The Balaban J connectivity index is 2.09. The fourth-order valence-electron chi connectivity index (χ4n) is 3.46. The molecule has 4 rings (SSSR count). The van der Waals surface area contributed by atoms with Crippen molar-refractivity contribution in [3.05, 3.63) is 90.6 Å². The third kappa shape index (κ3) is 3.34. The Labute approximate surface area is 168 Å². The van der Waals surface area contributed by atoms with E-state index >= 15 is 0 Å². The quantitative estimate of drug-likeness (QED) is 0.494. The van der Waals surface area contributed by atoms with E-state index in [4.69, 9.17) is 4.74 Å². The Hall–Kier alpha value is -3.99. The predicted octanol–water partition coefficient (Wildman–Crippen LogP) is 5.22. The van der Waals surface area contributed by atoms with Crippen molar-refractivity contribution in [3.63, 3.8) is 0 Å². The first-order valence-electron chi connectivity index (χ1n) is 9.07. The molecule has 1 heterocycles. The average Bonchev–Trinajstić information content (AvgIpc) is 3.15. The van der Waals surface area contributed by atoms with Crippen LogP contribution in [0.5, 0.6) is 11.5 Å². The minimum absolute atomic E-state index is 0.0110. The van der Waals surface area contributed by atoms with Crippen LogP contribution in [0.2, 0.25) is 0 Å². The van der Waals surface area contributed by atoms with Crippen LogP contribution in [0, 0.1) is 0 Å². The zero-order valence-electron chi connectivity index (χ0n) is 15.7. The summed E-state index contributed by atoms with van der Waals surface area (Å²) < 4.78 is 7.12. The minimum Gasteiger partial charge on any atom is -0.507 e. The first-order chi connectivity index (χ1) is 14.1. The number of hydrogen-bond donors (Lipinski definition) is 2. The smallest absolute Gasteiger partial charge is 0.338 e. The van der Waals surface area contributed by atoms with Crippen LogP contribution in [0.15, 0.2) is 85.1 Å². The van der Waals surface area contributed by atoms with Crippen LogP contribution in [0.25, 0.3) is 28.1 Å². The fraction of sp³-hybridized carbons (Fsp3) is 0.0417. The second kappa shape index (κ2) is 7.56. The molecule has 144 valence electrons. The third-order valence-corrected chi connectivity index (χ3v) is 4.79. The number of aromatic nitrogens is 1. The summed E-state index contributed by atoms with van der Waals surface area (Å²) in [5.74, 6) is -0.404. The highest BCUT2D eigenvalue weighted by molar-refractivity contribution is 6.04. The van der Waals surface area contributed by atoms with Crippen molar-refractivity contribution in [1.82, 2.24) is 4.57 Å². The van der Waals surface area contributed by atoms with E-state index in [1.54, 1.807) is 42.1 Å². The topological polar surface area (TPSA) is 71.7 Å². The van der Waals surface area contributed by atoms with Crippen molar-refractivity contribution in [2.24, 2.45) is 0 Å². The molecular weight excluding hydrogens is 366 g/mol. The van der Waals surface area contributed by atoms with Crippen LogP contribution in [-0.2, 0) is 0 Å². The van der Waals surface area contributed by atoms with Crippen LogP contribution in [0.4, 0.5) is 0 Å². The molecular formula is C24H19NO4. The maximum atomic E-state index is 12.3. The molecule has 1 aromatic heterocycles. The Morgan fingerprint density at radius 1 is 0.897 bits per heavy atom. The summed E-state index contributed by atoms with van der Waals surface area (Å²) in [6.07, 6.45) is 1.79. The van der Waals surface area contributed by atoms with E-state index in [-0.39, 0.29) is 11.3 Å². The lowest BCUT2D eigenvalue weighted by molar-refractivity contribution is 0.0698. The number of carboxylic acid groups (broad SMARTS) is 1. The van der Waals surface area contributed by atoms with Crippen molar-refractivity contribution in [2.45, 2.75) is 0 Å². The fourth-order valence-corrected chi connectivity index (χ4v) is 3.46. The molecule has 0 saturated carbocycles. The van der Waals surface area contributed by atoms with E-state index in [9.17, 15) is 15.0 Å². The molecule has 0 atom stereocenters. The summed E-state index contributed by atoms with van der Waals surface area (Å²) in [5, 5.41) is 20.6. The monoisotopic (exact) mass is 385 g/mol. The summed E-state index contributed by atoms with van der Waals surface area (Å²) in [7, 11) is 1.58. The number of carboxylic acids is 1. The second-order valence-electron chi connectivity index (χ2n) is 6.53. The Morgan fingerprint density at radius 2 is 1.62 bits per heavy atom. The number of benzene rings is 3. The molecule has 5 nitrogen and oxygen atoms in total. The molecule has 29 heavy (non-hydrogen) atoms. The molecule has 0 amide bonds. The zero-order chi connectivity index (χ0) is 20.4. The van der Waals surface area contributed by atoms with Crippen LogP contribution >= 0.6 is 0 Å². The maximum Gasteiger partial charge on any atom is 0.338 e. The van der Waals surface area contributed by atoms with E-state index in [2.05, 4.69) is 0 Å². The highest BCUT2D eigenvalue weighted by atomic mass is 16.5. The molecule has 0 aliphatic heterocycles. The van der Waals surface area contributed by atoms with Gasteiger partial charge in [-0.1, -0.05) is 48.5 Å². The van der Waals surface area contributed by atoms with Gasteiger partial charge in [-0.3, -0.25) is 0 Å². The van der Waals surface area contributed by atoms with E-state index in [0.29, 0.717) is 22.6 Å². The van der Waals surface area contributed by atoms with Gasteiger partial charge in [0.05, 0.1) is 18.4 Å². The summed E-state index contributed by atoms with van der Waals surface area (Å²) in [6, 6.07) is 23.4. The molecule has 5 heteroatoms. The molecule has 0 saturated heterocycles. The summed E-state index contributed by atoms with van der Waals surface area (Å²) in [6.45, 7) is 0. The van der Waals surface area contributed by atoms with Crippen molar-refractivity contribution < 1.29 is 19.7 Å². The van der Waals surface area contributed by atoms with E-state index < -0.39 is 5.97 Å². The lowest BCUT2D eigenvalue weighted by Crippen LogP contribution is -2.03. The van der Waals surface area contributed by atoms with Crippen LogP contribution < -0.4 is 4.74 Å². The SMILES string of the molecule is COc1cccc(-n2cc(-c3ccccc3)c(C(=O)O)c2-c2ccccc2O)c1. The summed E-state index contributed by atoms with van der Waals surface area (Å²) in [4.78, 5) is 12.3. The number of para-hydroxylation sites is 1. The number of hydrogen-bond acceptors (Lipinski definition) is 3. The summed E-state index contributed by atoms with van der Waals surface area (Å²) >= 11 is 0. The summed E-state index contributed by atoms with van der Waals surface area (Å²) in [5.41, 5.74) is 3.05. The third-order valence-electron chi connectivity index (χ3n) is 4.79. The van der Waals surface area contributed by atoms with Gasteiger partial charge in [-0.2, -0.15) is 0 Å². The highest BCUT2D eigenvalue weighted by Gasteiger charge is 2.26. The number of methoxy groups -OCH3 is 1. The van der Waals surface area contributed by atoms with E-state index in [1.165, 1.54) is 0 Å². The molecule has 0 bridgehead atoms. The first-order valence-corrected chi connectivity index (χ1v) is 9.07. The number of phenolic OH excluding ortho intramolecular Hbond substituents is 1. The van der Waals surface area contributed by atoms with Gasteiger partial charge in [0.1, 0.15) is 11.5 Å². The molecule has 0 radical (unpaired) electrons. The van der Waals surface area contributed by atoms with Gasteiger partial charge in [-0.25, -0.2) is 4.79 Å². The Kier molecular flexibility index (Phi) is 4.79. The number of rotatable bonds is 5. The van der Waals surface area contributed by atoms with Crippen LogP contribution in [0.1, 0.15) is 10.4 Å². The Morgan fingerprint density at radius 3 is 2.31 bits per heavy atom. The first kappa shape index (κ1) is 18.4. The second-order valence-corrected chi connectivity index (χ2v) is 6.53. The van der Waals surface area contributed by atoms with Gasteiger partial charge in [-0.05, 0) is 29.8 Å². The highest BCUT2D eigenvalue weighted by Crippen LogP contribution is 2.40. The normalized spacial score (nSPS) is 10.7. The van der Waals surface area contributed by atoms with Crippen LogP contribution in [0.3, 0.4) is 0 Å². The number of aromatic hydroxyl groups is 1. The van der Waals surface area contributed by atoms with Gasteiger partial charge >= 0.3 is 5.97 Å². The van der Waals surface area contributed by atoms with Crippen molar-refractivity contribution >= 4 is 5.97 Å². The molecule has 3 aromatic carbocycles. The zero-order valence-corrected chi connectivity index (χ0v) is 15.7. The number of nitrogens with zero attached hydrogens (tertiary/aromatic N) is 1. The van der Waals surface area contributed by atoms with Crippen molar-refractivity contribution in [3.8, 4) is 39.6 Å². The maximum absolute atomic E-state index is 12.3. The lowest BCUT2D eigenvalue weighted by Gasteiger charge is -2.13. The minimum atomic E-state index is -1.07. The molecule has 0 aliphatic rings. The molecule has 4 aromatic rings. The Bertz CT molecular complexity index is 1180. The van der Waals surface area contributed by atoms with Gasteiger partial charge in [0.2, 0.25) is 0 Å². The lowest BCUT2D eigenvalue weighted by atomic mass is 9.99. The van der Waals surface area contributed by atoms with Crippen LogP contribution in [-0.4, -0.2) is 27.9 Å². The van der Waals surface area contributed by atoms with Crippen molar-refractivity contribution in [2.75, 3.05) is 7.11 Å². The standard InChI is InChI=1S/C24H19NO4/c1-29-18-11-7-10-17(14-18)25-15-20(16-8-3-2-4-9-16)22(24(27)28)23(25)19-12-5-6-13-21(19)26/h2-15,26H,1H3,(H,27,28). The van der Waals surface area contributed by atoms with Gasteiger partial charge in [0.15, 0.2) is 0 Å². The number of phenols is 1. The molecule has 2 N–H and O–H groups in total. The van der Waals surface area contributed by atoms with E-state index in [0.717, 1.165) is 11.3 Å². The predicted molar refractivity (Wildman–Crippen MR) is 112 cm³/mol. The number of aromatic carboxylic acids is 1. The van der Waals surface area contributed by atoms with Gasteiger partial charge in [0, 0.05) is 29.1 Å². The van der Waals surface area contributed by atoms with E-state index in [1.807, 2.05) is 54.6 Å². The number of ether oxygens (including phenoxy) is 1. The molecule has 0 fully saturated rings. The van der Waals surface area contributed by atoms with Gasteiger partial charge in [-0.15, -0.1) is 0 Å². The molecule has 0 unspecified atom stereocenters. The largest absolute Gasteiger partial charge is 0.507 e. The molecule has 0 spiro atoms.